The minimum atomic E-state index is -0.483. The maximum absolute atomic E-state index is 11.5. The van der Waals surface area contributed by atoms with E-state index in [1.807, 2.05) is 12.1 Å². The van der Waals surface area contributed by atoms with Crippen molar-refractivity contribution in [1.29, 1.82) is 0 Å². The Morgan fingerprint density at radius 3 is 2.94 bits per heavy atom. The molecule has 2 heterocycles. The molecule has 0 aliphatic carbocycles. The van der Waals surface area contributed by atoms with Gasteiger partial charge in [-0.3, -0.25) is 0 Å². The normalized spacial score (nSPS) is 11.1. The summed E-state index contributed by atoms with van der Waals surface area (Å²) in [6.07, 6.45) is 1.56. The molecule has 2 aromatic heterocycles. The van der Waals surface area contributed by atoms with Crippen molar-refractivity contribution in [2.24, 2.45) is 0 Å². The van der Waals surface area contributed by atoms with Crippen LogP contribution in [-0.4, -0.2) is 7.11 Å². The van der Waals surface area contributed by atoms with Gasteiger partial charge in [-0.1, -0.05) is 0 Å². The molecule has 0 unspecified atom stereocenters. The highest BCUT2D eigenvalue weighted by Crippen LogP contribution is 2.26. The van der Waals surface area contributed by atoms with Crippen LogP contribution in [0.4, 0.5) is 0 Å². The third-order valence-corrected chi connectivity index (χ3v) is 2.52. The van der Waals surface area contributed by atoms with Crippen molar-refractivity contribution in [2.45, 2.75) is 0 Å². The van der Waals surface area contributed by atoms with Crippen molar-refractivity contribution >= 4 is 21.9 Å². The Morgan fingerprint density at radius 1 is 1.25 bits per heavy atom. The van der Waals surface area contributed by atoms with Crippen molar-refractivity contribution in [3.63, 3.8) is 0 Å². The molecule has 80 valence electrons. The van der Waals surface area contributed by atoms with Gasteiger partial charge in [-0.05, 0) is 24.3 Å². The predicted molar refractivity (Wildman–Crippen MR) is 58.8 cm³/mol. The molecule has 0 amide bonds. The Balaban J connectivity index is 2.52. The molecule has 4 heteroatoms. The summed E-state index contributed by atoms with van der Waals surface area (Å²) in [6, 6.07) is 7.09. The maximum Gasteiger partial charge on any atom is 0.379 e. The molecule has 3 rings (SSSR count). The van der Waals surface area contributed by atoms with Crippen LogP contribution >= 0.6 is 0 Å². The lowest BCUT2D eigenvalue weighted by molar-refractivity contribution is 0.386. The van der Waals surface area contributed by atoms with Gasteiger partial charge in [-0.25, -0.2) is 4.79 Å². The van der Waals surface area contributed by atoms with Gasteiger partial charge in [0, 0.05) is 5.39 Å². The summed E-state index contributed by atoms with van der Waals surface area (Å²) < 4.78 is 15.4. The third-order valence-electron chi connectivity index (χ3n) is 2.52. The summed E-state index contributed by atoms with van der Waals surface area (Å²) in [5, 5.41) is 1.60. The van der Waals surface area contributed by atoms with E-state index < -0.39 is 5.63 Å². The van der Waals surface area contributed by atoms with Crippen LogP contribution in [-0.2, 0) is 0 Å². The number of hydrogen-bond donors (Lipinski definition) is 0. The van der Waals surface area contributed by atoms with Crippen molar-refractivity contribution in [3.8, 4) is 5.75 Å². The fourth-order valence-electron chi connectivity index (χ4n) is 1.75. The van der Waals surface area contributed by atoms with Crippen molar-refractivity contribution < 1.29 is 13.6 Å². The molecule has 0 spiro atoms. The number of ether oxygens (including phenoxy) is 1. The highest BCUT2D eigenvalue weighted by Gasteiger charge is 2.09. The van der Waals surface area contributed by atoms with Crippen LogP contribution < -0.4 is 10.4 Å². The number of rotatable bonds is 1. The Kier molecular flexibility index (Phi) is 1.77. The molecule has 1 aromatic carbocycles. The highest BCUT2D eigenvalue weighted by molar-refractivity contribution is 6.01. The first-order valence-corrected chi connectivity index (χ1v) is 4.77. The number of benzene rings is 1. The van der Waals surface area contributed by atoms with Gasteiger partial charge in [0.05, 0.1) is 18.8 Å². The zero-order chi connectivity index (χ0) is 11.1. The molecule has 0 aliphatic rings. The van der Waals surface area contributed by atoms with Crippen LogP contribution in [0.1, 0.15) is 0 Å². The molecule has 0 fully saturated rings. The second-order valence-corrected chi connectivity index (χ2v) is 3.42. The minimum absolute atomic E-state index is 0.204. The number of hydrogen-bond acceptors (Lipinski definition) is 4. The fraction of sp³-hybridized carbons (Fsp3) is 0.0833. The van der Waals surface area contributed by atoms with Gasteiger partial charge in [-0.2, -0.15) is 0 Å². The van der Waals surface area contributed by atoms with Crippen molar-refractivity contribution in [1.82, 2.24) is 0 Å². The van der Waals surface area contributed by atoms with E-state index in [2.05, 4.69) is 0 Å². The summed E-state index contributed by atoms with van der Waals surface area (Å²) in [4.78, 5) is 11.5. The van der Waals surface area contributed by atoms with E-state index in [0.717, 1.165) is 10.8 Å². The molecule has 3 aromatic rings. The van der Waals surface area contributed by atoms with Gasteiger partial charge in [0.2, 0.25) is 5.75 Å². The fourth-order valence-corrected chi connectivity index (χ4v) is 1.75. The number of fused-ring (bicyclic) bond motifs is 3. The summed E-state index contributed by atoms with van der Waals surface area (Å²) in [5.74, 6) is 0.204. The van der Waals surface area contributed by atoms with E-state index in [0.29, 0.717) is 11.2 Å². The van der Waals surface area contributed by atoms with Crippen LogP contribution in [0.5, 0.6) is 5.75 Å². The third kappa shape index (κ3) is 1.13. The molecular weight excluding hydrogens is 208 g/mol. The lowest BCUT2D eigenvalue weighted by atomic mass is 10.2. The van der Waals surface area contributed by atoms with Gasteiger partial charge in [0.15, 0.2) is 0 Å². The van der Waals surface area contributed by atoms with E-state index in [1.165, 1.54) is 7.11 Å². The standard InChI is InChI=1S/C12H8O4/c1-14-10-6-7-2-3-9-8(4-5-15-9)11(7)16-12(10)13/h2-6H,1H3. The van der Waals surface area contributed by atoms with Crippen LogP contribution in [0.25, 0.3) is 21.9 Å². The van der Waals surface area contributed by atoms with E-state index in [9.17, 15) is 4.79 Å². The summed E-state index contributed by atoms with van der Waals surface area (Å²) >= 11 is 0. The molecule has 0 atom stereocenters. The second kappa shape index (κ2) is 3.13. The smallest absolute Gasteiger partial charge is 0.379 e. The van der Waals surface area contributed by atoms with E-state index in [4.69, 9.17) is 13.6 Å². The second-order valence-electron chi connectivity index (χ2n) is 3.42. The van der Waals surface area contributed by atoms with Crippen LogP contribution in [0.15, 0.2) is 44.2 Å². The molecule has 0 aliphatic heterocycles. The average Bonchev–Trinajstić information content (AvgIpc) is 2.76. The lowest BCUT2D eigenvalue weighted by Crippen LogP contribution is -2.02. The maximum atomic E-state index is 11.5. The van der Waals surface area contributed by atoms with Gasteiger partial charge >= 0.3 is 5.63 Å². The van der Waals surface area contributed by atoms with E-state index in [1.54, 1.807) is 18.4 Å². The molecule has 0 N–H and O–H groups in total. The largest absolute Gasteiger partial charge is 0.490 e. The summed E-state index contributed by atoms with van der Waals surface area (Å²) in [6.45, 7) is 0. The Morgan fingerprint density at radius 2 is 2.12 bits per heavy atom. The topological polar surface area (TPSA) is 52.6 Å². The van der Waals surface area contributed by atoms with E-state index >= 15 is 0 Å². The van der Waals surface area contributed by atoms with Crippen molar-refractivity contribution in [2.75, 3.05) is 7.11 Å². The first-order valence-electron chi connectivity index (χ1n) is 4.77. The van der Waals surface area contributed by atoms with Crippen LogP contribution in [0, 0.1) is 0 Å². The van der Waals surface area contributed by atoms with Gasteiger partial charge < -0.3 is 13.6 Å². The predicted octanol–water partition coefficient (Wildman–Crippen LogP) is 2.55. The molecule has 0 saturated heterocycles. The first kappa shape index (κ1) is 9.03. The average molecular weight is 216 g/mol. The molecule has 0 radical (unpaired) electrons. The Labute approximate surface area is 90.0 Å². The molecular formula is C12H8O4. The van der Waals surface area contributed by atoms with Crippen LogP contribution in [0.3, 0.4) is 0 Å². The Hall–Kier alpha value is -2.23. The molecule has 0 bridgehead atoms. The number of methoxy groups -OCH3 is 1. The molecule has 4 nitrogen and oxygen atoms in total. The zero-order valence-electron chi connectivity index (χ0n) is 8.52. The summed E-state index contributed by atoms with van der Waals surface area (Å²) in [5.41, 5.74) is 0.738. The highest BCUT2D eigenvalue weighted by atomic mass is 16.5. The molecule has 0 saturated carbocycles. The monoisotopic (exact) mass is 216 g/mol. The zero-order valence-corrected chi connectivity index (χ0v) is 8.52. The van der Waals surface area contributed by atoms with Crippen LogP contribution in [0.2, 0.25) is 0 Å². The lowest BCUT2D eigenvalue weighted by Gasteiger charge is -2.00. The van der Waals surface area contributed by atoms with Crippen molar-refractivity contribution in [3.05, 3.63) is 40.9 Å². The van der Waals surface area contributed by atoms with Gasteiger partial charge in [-0.15, -0.1) is 0 Å². The van der Waals surface area contributed by atoms with E-state index in [-0.39, 0.29) is 5.75 Å². The Bertz CT molecular complexity index is 721. The van der Waals surface area contributed by atoms with Gasteiger partial charge in [0.25, 0.3) is 0 Å². The quantitative estimate of drug-likeness (QED) is 0.586. The SMILES string of the molecule is COc1cc2ccc3occc3c2oc1=O. The van der Waals surface area contributed by atoms with Gasteiger partial charge in [0.1, 0.15) is 11.2 Å². The molecule has 16 heavy (non-hydrogen) atoms. The first-order chi connectivity index (χ1) is 7.79. The minimum Gasteiger partial charge on any atom is -0.490 e. The summed E-state index contributed by atoms with van der Waals surface area (Å²) in [7, 11) is 1.44. The number of furan rings is 1.